The van der Waals surface area contributed by atoms with E-state index >= 15 is 0 Å². The Morgan fingerprint density at radius 1 is 1.50 bits per heavy atom. The Kier molecular flexibility index (Phi) is 5.31. The molecule has 0 saturated carbocycles. The SMILES string of the molecule is COc1ccc(COC(=O)/C=C/c2nccs2)cc1Br. The van der Waals surface area contributed by atoms with Crippen molar-refractivity contribution in [2.45, 2.75) is 6.61 Å². The molecule has 0 amide bonds. The Morgan fingerprint density at radius 2 is 2.35 bits per heavy atom. The Bertz CT molecular complexity index is 611. The third-order valence-electron chi connectivity index (χ3n) is 2.41. The topological polar surface area (TPSA) is 48.4 Å². The van der Waals surface area contributed by atoms with Crippen molar-refractivity contribution in [2.24, 2.45) is 0 Å². The smallest absolute Gasteiger partial charge is 0.331 e. The molecule has 2 aromatic rings. The summed E-state index contributed by atoms with van der Waals surface area (Å²) in [5.74, 6) is 0.343. The summed E-state index contributed by atoms with van der Waals surface area (Å²) >= 11 is 4.84. The highest BCUT2D eigenvalue weighted by Gasteiger charge is 2.03. The van der Waals surface area contributed by atoms with Crippen LogP contribution in [0.3, 0.4) is 0 Å². The van der Waals surface area contributed by atoms with E-state index in [1.165, 1.54) is 17.4 Å². The van der Waals surface area contributed by atoms with Gasteiger partial charge in [0.25, 0.3) is 0 Å². The van der Waals surface area contributed by atoms with Gasteiger partial charge in [0.05, 0.1) is 11.6 Å². The molecule has 4 nitrogen and oxygen atoms in total. The van der Waals surface area contributed by atoms with E-state index in [0.29, 0.717) is 0 Å². The van der Waals surface area contributed by atoms with Crippen LogP contribution >= 0.6 is 27.3 Å². The summed E-state index contributed by atoms with van der Waals surface area (Å²) in [6.07, 6.45) is 4.69. The molecule has 2 rings (SSSR count). The number of nitrogens with zero attached hydrogens (tertiary/aromatic N) is 1. The molecule has 0 unspecified atom stereocenters. The van der Waals surface area contributed by atoms with E-state index in [1.54, 1.807) is 19.4 Å². The van der Waals surface area contributed by atoms with Gasteiger partial charge in [-0.1, -0.05) is 6.07 Å². The number of esters is 1. The van der Waals surface area contributed by atoms with Gasteiger partial charge in [0.15, 0.2) is 0 Å². The summed E-state index contributed by atoms with van der Waals surface area (Å²) in [7, 11) is 1.60. The number of carbonyl (C=O) groups is 1. The van der Waals surface area contributed by atoms with Gasteiger partial charge >= 0.3 is 5.97 Å². The first-order chi connectivity index (χ1) is 9.69. The van der Waals surface area contributed by atoms with Crippen LogP contribution in [0.25, 0.3) is 6.08 Å². The molecule has 1 heterocycles. The summed E-state index contributed by atoms with van der Waals surface area (Å²) in [5.41, 5.74) is 0.883. The van der Waals surface area contributed by atoms with Crippen LogP contribution in [0.4, 0.5) is 0 Å². The lowest BCUT2D eigenvalue weighted by atomic mass is 10.2. The van der Waals surface area contributed by atoms with E-state index in [9.17, 15) is 4.79 Å². The zero-order chi connectivity index (χ0) is 14.4. The van der Waals surface area contributed by atoms with E-state index in [2.05, 4.69) is 20.9 Å². The van der Waals surface area contributed by atoms with Crippen molar-refractivity contribution in [2.75, 3.05) is 7.11 Å². The largest absolute Gasteiger partial charge is 0.496 e. The summed E-state index contributed by atoms with van der Waals surface area (Å²) < 4.78 is 11.1. The number of ether oxygens (including phenoxy) is 2. The number of aromatic nitrogens is 1. The number of hydrogen-bond donors (Lipinski definition) is 0. The number of halogens is 1. The van der Waals surface area contributed by atoms with E-state index in [0.717, 1.165) is 20.8 Å². The van der Waals surface area contributed by atoms with Crippen LogP contribution in [0.15, 0.2) is 40.3 Å². The number of rotatable bonds is 5. The lowest BCUT2D eigenvalue weighted by Gasteiger charge is -2.06. The average Bonchev–Trinajstić information content (AvgIpc) is 2.96. The first-order valence-corrected chi connectivity index (χ1v) is 7.43. The molecule has 0 fully saturated rings. The van der Waals surface area contributed by atoms with Crippen LogP contribution in [0, 0.1) is 0 Å². The van der Waals surface area contributed by atoms with Gasteiger partial charge in [-0.3, -0.25) is 0 Å². The monoisotopic (exact) mass is 353 g/mol. The Balaban J connectivity index is 1.88. The molecule has 0 aliphatic rings. The molecular formula is C14H12BrNO3S. The highest BCUT2D eigenvalue weighted by molar-refractivity contribution is 9.10. The predicted octanol–water partition coefficient (Wildman–Crippen LogP) is 3.67. The second kappa shape index (κ2) is 7.21. The number of hydrogen-bond acceptors (Lipinski definition) is 5. The highest BCUT2D eigenvalue weighted by Crippen LogP contribution is 2.25. The van der Waals surface area contributed by atoms with Crippen LogP contribution in [-0.2, 0) is 16.1 Å². The highest BCUT2D eigenvalue weighted by atomic mass is 79.9. The van der Waals surface area contributed by atoms with Crippen molar-refractivity contribution in [3.8, 4) is 5.75 Å². The minimum atomic E-state index is -0.396. The van der Waals surface area contributed by atoms with E-state index in [4.69, 9.17) is 9.47 Å². The van der Waals surface area contributed by atoms with Crippen molar-refractivity contribution in [1.29, 1.82) is 0 Å². The zero-order valence-electron chi connectivity index (χ0n) is 10.7. The normalized spacial score (nSPS) is 10.7. The van der Waals surface area contributed by atoms with Crippen molar-refractivity contribution >= 4 is 39.3 Å². The molecule has 0 radical (unpaired) electrons. The van der Waals surface area contributed by atoms with Gasteiger partial charge in [0, 0.05) is 17.7 Å². The maximum atomic E-state index is 11.6. The molecular weight excluding hydrogens is 342 g/mol. The van der Waals surface area contributed by atoms with Gasteiger partial charge in [0.1, 0.15) is 17.4 Å². The molecule has 0 aliphatic heterocycles. The quantitative estimate of drug-likeness (QED) is 0.607. The fourth-order valence-electron chi connectivity index (χ4n) is 1.46. The molecule has 0 saturated heterocycles. The molecule has 0 aliphatic carbocycles. The van der Waals surface area contributed by atoms with Gasteiger partial charge in [-0.05, 0) is 39.7 Å². The zero-order valence-corrected chi connectivity index (χ0v) is 13.1. The van der Waals surface area contributed by atoms with Crippen molar-refractivity contribution in [3.63, 3.8) is 0 Å². The molecule has 0 N–H and O–H groups in total. The molecule has 6 heteroatoms. The fraction of sp³-hybridized carbons (Fsp3) is 0.143. The van der Waals surface area contributed by atoms with Crippen LogP contribution in [-0.4, -0.2) is 18.1 Å². The maximum Gasteiger partial charge on any atom is 0.331 e. The standard InChI is InChI=1S/C14H12BrNO3S/c1-18-12-3-2-10(8-11(12)15)9-19-14(17)5-4-13-16-6-7-20-13/h2-8H,9H2,1H3/b5-4+. The van der Waals surface area contributed by atoms with Crippen molar-refractivity contribution in [3.05, 3.63) is 50.9 Å². The lowest BCUT2D eigenvalue weighted by molar-refractivity contribution is -0.138. The molecule has 1 aromatic heterocycles. The third kappa shape index (κ3) is 4.18. The van der Waals surface area contributed by atoms with Gasteiger partial charge in [-0.2, -0.15) is 0 Å². The summed E-state index contributed by atoms with van der Waals surface area (Å²) in [4.78, 5) is 15.6. The molecule has 20 heavy (non-hydrogen) atoms. The lowest BCUT2D eigenvalue weighted by Crippen LogP contribution is -2.00. The number of carbonyl (C=O) groups excluding carboxylic acids is 1. The summed E-state index contributed by atoms with van der Waals surface area (Å²) in [6.45, 7) is 0.212. The van der Waals surface area contributed by atoms with Crippen LogP contribution in [0.5, 0.6) is 5.75 Å². The van der Waals surface area contributed by atoms with Gasteiger partial charge in [-0.25, -0.2) is 9.78 Å². The molecule has 1 aromatic carbocycles. The van der Waals surface area contributed by atoms with Crippen molar-refractivity contribution in [1.82, 2.24) is 4.98 Å². The minimum absolute atomic E-state index is 0.212. The Hall–Kier alpha value is -1.66. The van der Waals surface area contributed by atoms with Gasteiger partial charge in [0.2, 0.25) is 0 Å². The number of methoxy groups -OCH3 is 1. The third-order valence-corrected chi connectivity index (χ3v) is 3.77. The number of benzene rings is 1. The van der Waals surface area contributed by atoms with Crippen LogP contribution in [0.2, 0.25) is 0 Å². The van der Waals surface area contributed by atoms with Crippen LogP contribution in [0.1, 0.15) is 10.6 Å². The molecule has 0 spiro atoms. The van der Waals surface area contributed by atoms with E-state index < -0.39 is 5.97 Å². The second-order valence-electron chi connectivity index (χ2n) is 3.78. The molecule has 0 atom stereocenters. The van der Waals surface area contributed by atoms with Crippen LogP contribution < -0.4 is 4.74 Å². The second-order valence-corrected chi connectivity index (χ2v) is 5.56. The molecule has 104 valence electrons. The minimum Gasteiger partial charge on any atom is -0.496 e. The van der Waals surface area contributed by atoms with Gasteiger partial charge < -0.3 is 9.47 Å². The molecule has 0 bridgehead atoms. The fourth-order valence-corrected chi connectivity index (χ4v) is 2.58. The maximum absolute atomic E-state index is 11.6. The number of thiazole rings is 1. The Morgan fingerprint density at radius 3 is 3.00 bits per heavy atom. The predicted molar refractivity (Wildman–Crippen MR) is 81.6 cm³/mol. The Labute approximate surface area is 129 Å². The average molecular weight is 354 g/mol. The first kappa shape index (κ1) is 14.7. The summed E-state index contributed by atoms with van der Waals surface area (Å²) in [5, 5.41) is 2.62. The van der Waals surface area contributed by atoms with Gasteiger partial charge in [-0.15, -0.1) is 11.3 Å². The first-order valence-electron chi connectivity index (χ1n) is 5.76. The van der Waals surface area contributed by atoms with Crippen molar-refractivity contribution < 1.29 is 14.3 Å². The summed E-state index contributed by atoms with van der Waals surface area (Å²) in [6, 6.07) is 5.52. The van der Waals surface area contributed by atoms with E-state index in [-0.39, 0.29) is 6.61 Å². The van der Waals surface area contributed by atoms with E-state index in [1.807, 2.05) is 23.6 Å².